The number of benzene rings is 2. The minimum absolute atomic E-state index is 0.0143. The van der Waals surface area contributed by atoms with Crippen LogP contribution in [0.25, 0.3) is 0 Å². The quantitative estimate of drug-likeness (QED) is 0.555. The molecule has 1 aliphatic rings. The highest BCUT2D eigenvalue weighted by atomic mass is 35.5. The van der Waals surface area contributed by atoms with Gasteiger partial charge in [-0.1, -0.05) is 29.8 Å². The number of rotatable bonds is 7. The van der Waals surface area contributed by atoms with E-state index < -0.39 is 4.92 Å². The molecule has 0 bridgehead atoms. The number of nitrogens with zero attached hydrogens (tertiary/aromatic N) is 1. The zero-order valence-corrected chi connectivity index (χ0v) is 15.4. The van der Waals surface area contributed by atoms with Gasteiger partial charge in [0.2, 0.25) is 0 Å². The van der Waals surface area contributed by atoms with E-state index in [1.54, 1.807) is 12.1 Å². The van der Waals surface area contributed by atoms with Crippen LogP contribution in [0.4, 0.5) is 11.4 Å². The second-order valence-corrected chi connectivity index (χ2v) is 6.69. The number of nitro groups is 1. The molecule has 0 spiro atoms. The summed E-state index contributed by atoms with van der Waals surface area (Å²) in [5.74, 6) is -0.355. The van der Waals surface area contributed by atoms with Crippen molar-refractivity contribution in [3.63, 3.8) is 0 Å². The molecule has 2 N–H and O–H groups in total. The fraction of sp³-hybridized carbons (Fsp3) is 0.316. The Balaban J connectivity index is 1.69. The number of carbonyl (C=O) groups is 1. The van der Waals surface area contributed by atoms with Crippen molar-refractivity contribution < 1.29 is 14.5 Å². The van der Waals surface area contributed by atoms with Gasteiger partial charge in [-0.05, 0) is 36.6 Å². The minimum atomic E-state index is -0.508. The summed E-state index contributed by atoms with van der Waals surface area (Å²) in [6, 6.07) is 11.6. The first-order valence-electron chi connectivity index (χ1n) is 8.70. The molecule has 2 aromatic rings. The number of nitrogens with one attached hydrogen (secondary N) is 2. The Morgan fingerprint density at radius 3 is 2.81 bits per heavy atom. The molecule has 0 aliphatic carbocycles. The maximum Gasteiger partial charge on any atom is 0.293 e. The normalized spacial score (nSPS) is 16.1. The van der Waals surface area contributed by atoms with E-state index in [0.717, 1.165) is 18.4 Å². The zero-order valence-electron chi connectivity index (χ0n) is 14.6. The fourth-order valence-corrected chi connectivity index (χ4v) is 3.12. The van der Waals surface area contributed by atoms with Crippen LogP contribution in [-0.4, -0.2) is 30.1 Å². The van der Waals surface area contributed by atoms with Gasteiger partial charge >= 0.3 is 0 Å². The molecule has 1 atom stereocenters. The molecule has 1 aliphatic heterocycles. The Hall–Kier alpha value is -2.64. The number of hydrogen-bond acceptors (Lipinski definition) is 5. The highest BCUT2D eigenvalue weighted by Crippen LogP contribution is 2.27. The predicted octanol–water partition coefficient (Wildman–Crippen LogP) is 3.77. The van der Waals surface area contributed by atoms with E-state index in [9.17, 15) is 14.9 Å². The van der Waals surface area contributed by atoms with Crippen LogP contribution in [0.1, 0.15) is 28.8 Å². The first-order valence-corrected chi connectivity index (χ1v) is 9.08. The number of hydrogen-bond donors (Lipinski definition) is 2. The van der Waals surface area contributed by atoms with Gasteiger partial charge in [-0.25, -0.2) is 0 Å². The van der Waals surface area contributed by atoms with Crippen LogP contribution in [0.2, 0.25) is 5.02 Å². The van der Waals surface area contributed by atoms with Crippen LogP contribution < -0.4 is 10.6 Å². The third-order valence-electron chi connectivity index (χ3n) is 4.40. The number of halogens is 1. The lowest BCUT2D eigenvalue weighted by atomic mass is 10.1. The van der Waals surface area contributed by atoms with Crippen molar-refractivity contribution in [2.24, 2.45) is 0 Å². The van der Waals surface area contributed by atoms with E-state index in [4.69, 9.17) is 16.3 Å². The number of anilines is 1. The Morgan fingerprint density at radius 1 is 1.30 bits per heavy atom. The Morgan fingerprint density at radius 2 is 2.11 bits per heavy atom. The van der Waals surface area contributed by atoms with Gasteiger partial charge < -0.3 is 15.4 Å². The first-order chi connectivity index (χ1) is 13.0. The zero-order chi connectivity index (χ0) is 19.2. The SMILES string of the molecule is O=C(NCC1CCCO1)c1ccc(NCc2ccccc2Cl)c([N+](=O)[O-])c1. The van der Waals surface area contributed by atoms with E-state index >= 15 is 0 Å². The van der Waals surface area contributed by atoms with Crippen molar-refractivity contribution >= 4 is 28.9 Å². The molecule has 1 heterocycles. The van der Waals surface area contributed by atoms with Crippen molar-refractivity contribution in [1.82, 2.24) is 5.32 Å². The standard InChI is InChI=1S/C19H20ClN3O4/c20-16-6-2-1-4-14(16)11-21-17-8-7-13(10-18(17)23(25)26)19(24)22-12-15-5-3-9-27-15/h1-2,4,6-8,10,15,21H,3,5,9,11-12H2,(H,22,24). The summed E-state index contributed by atoms with van der Waals surface area (Å²) in [7, 11) is 0. The topological polar surface area (TPSA) is 93.5 Å². The molecule has 8 heteroatoms. The molecule has 3 rings (SSSR count). The van der Waals surface area contributed by atoms with E-state index in [1.807, 2.05) is 18.2 Å². The second kappa shape index (κ2) is 8.83. The number of carbonyl (C=O) groups excluding carboxylic acids is 1. The van der Waals surface area contributed by atoms with Crippen molar-refractivity contribution in [3.05, 3.63) is 68.7 Å². The number of amides is 1. The molecule has 27 heavy (non-hydrogen) atoms. The van der Waals surface area contributed by atoms with Crippen LogP contribution in [0.3, 0.4) is 0 Å². The average molecular weight is 390 g/mol. The third kappa shape index (κ3) is 4.96. The van der Waals surface area contributed by atoms with Gasteiger partial charge in [-0.3, -0.25) is 14.9 Å². The summed E-state index contributed by atoms with van der Waals surface area (Å²) in [5, 5.41) is 17.8. The number of ether oxygens (including phenoxy) is 1. The molecule has 0 saturated carbocycles. The highest BCUT2D eigenvalue weighted by molar-refractivity contribution is 6.31. The summed E-state index contributed by atoms with van der Waals surface area (Å²) >= 11 is 6.11. The Labute approximate surface area is 161 Å². The highest BCUT2D eigenvalue weighted by Gasteiger charge is 2.20. The summed E-state index contributed by atoms with van der Waals surface area (Å²) in [5.41, 5.74) is 1.23. The Bertz CT molecular complexity index is 837. The third-order valence-corrected chi connectivity index (χ3v) is 4.77. The second-order valence-electron chi connectivity index (χ2n) is 6.28. The summed E-state index contributed by atoms with van der Waals surface area (Å²) in [6.07, 6.45) is 1.91. The minimum Gasteiger partial charge on any atom is -0.376 e. The van der Waals surface area contributed by atoms with Gasteiger partial charge in [0.05, 0.1) is 11.0 Å². The smallest absolute Gasteiger partial charge is 0.293 e. The van der Waals surface area contributed by atoms with Crippen LogP contribution >= 0.6 is 11.6 Å². The van der Waals surface area contributed by atoms with Crippen molar-refractivity contribution in [3.8, 4) is 0 Å². The van der Waals surface area contributed by atoms with E-state index in [1.165, 1.54) is 12.1 Å². The van der Waals surface area contributed by atoms with E-state index in [-0.39, 0.29) is 23.3 Å². The van der Waals surface area contributed by atoms with Crippen LogP contribution in [-0.2, 0) is 11.3 Å². The average Bonchev–Trinajstić information content (AvgIpc) is 3.19. The molecule has 7 nitrogen and oxygen atoms in total. The van der Waals surface area contributed by atoms with Crippen LogP contribution in [0.15, 0.2) is 42.5 Å². The van der Waals surface area contributed by atoms with Crippen molar-refractivity contribution in [2.75, 3.05) is 18.5 Å². The number of nitro benzene ring substituents is 1. The molecular formula is C19H20ClN3O4. The monoisotopic (exact) mass is 389 g/mol. The first kappa shape index (κ1) is 19.1. The predicted molar refractivity (Wildman–Crippen MR) is 103 cm³/mol. The maximum atomic E-state index is 12.3. The van der Waals surface area contributed by atoms with Gasteiger partial charge in [0.25, 0.3) is 11.6 Å². The lowest BCUT2D eigenvalue weighted by molar-refractivity contribution is -0.384. The largest absolute Gasteiger partial charge is 0.376 e. The Kier molecular flexibility index (Phi) is 6.26. The molecule has 0 radical (unpaired) electrons. The van der Waals surface area contributed by atoms with Crippen LogP contribution in [0, 0.1) is 10.1 Å². The summed E-state index contributed by atoms with van der Waals surface area (Å²) in [4.78, 5) is 23.2. The molecule has 142 valence electrons. The molecular weight excluding hydrogens is 370 g/mol. The lowest BCUT2D eigenvalue weighted by Gasteiger charge is -2.12. The van der Waals surface area contributed by atoms with Gasteiger partial charge in [0, 0.05) is 36.3 Å². The van der Waals surface area contributed by atoms with Gasteiger partial charge in [-0.15, -0.1) is 0 Å². The van der Waals surface area contributed by atoms with Crippen molar-refractivity contribution in [2.45, 2.75) is 25.5 Å². The summed E-state index contributed by atoms with van der Waals surface area (Å²) in [6.45, 7) is 1.45. The molecule has 1 amide bonds. The molecule has 1 saturated heterocycles. The van der Waals surface area contributed by atoms with Gasteiger partial charge in [0.1, 0.15) is 5.69 Å². The van der Waals surface area contributed by atoms with Gasteiger partial charge in [0.15, 0.2) is 0 Å². The molecule has 0 aromatic heterocycles. The van der Waals surface area contributed by atoms with E-state index in [2.05, 4.69) is 10.6 Å². The van der Waals surface area contributed by atoms with Crippen molar-refractivity contribution in [1.29, 1.82) is 0 Å². The van der Waals surface area contributed by atoms with Gasteiger partial charge in [-0.2, -0.15) is 0 Å². The fourth-order valence-electron chi connectivity index (χ4n) is 2.92. The van der Waals surface area contributed by atoms with E-state index in [0.29, 0.717) is 30.4 Å². The lowest BCUT2D eigenvalue weighted by Crippen LogP contribution is -2.31. The van der Waals surface area contributed by atoms with Crippen LogP contribution in [0.5, 0.6) is 0 Å². The molecule has 1 unspecified atom stereocenters. The molecule has 2 aromatic carbocycles. The maximum absolute atomic E-state index is 12.3. The molecule has 1 fully saturated rings. The summed E-state index contributed by atoms with van der Waals surface area (Å²) < 4.78 is 5.46.